The van der Waals surface area contributed by atoms with E-state index in [0.29, 0.717) is 6.54 Å². The molecule has 0 aliphatic heterocycles. The number of anilines is 1. The zero-order valence-electron chi connectivity index (χ0n) is 12.8. The number of nitrogens with zero attached hydrogens (tertiary/aromatic N) is 2. The largest absolute Gasteiger partial charge is 0.369 e. The van der Waals surface area contributed by atoms with E-state index in [0.717, 1.165) is 30.7 Å². The minimum Gasteiger partial charge on any atom is -0.369 e. The van der Waals surface area contributed by atoms with Crippen molar-refractivity contribution in [2.24, 2.45) is 5.73 Å². The lowest BCUT2D eigenvalue weighted by Crippen LogP contribution is -2.17. The van der Waals surface area contributed by atoms with Crippen LogP contribution in [-0.2, 0) is 12.8 Å². The Morgan fingerprint density at radius 1 is 1.30 bits per heavy atom. The molecular weight excluding hydrogens is 296 g/mol. The van der Waals surface area contributed by atoms with Gasteiger partial charge in [-0.2, -0.15) is 0 Å². The summed E-state index contributed by atoms with van der Waals surface area (Å²) in [5.74, 6) is -0.496. The number of primary amides is 1. The van der Waals surface area contributed by atoms with Crippen LogP contribution >= 0.6 is 0 Å². The summed E-state index contributed by atoms with van der Waals surface area (Å²) in [7, 11) is 0. The van der Waals surface area contributed by atoms with Gasteiger partial charge in [-0.25, -0.2) is 4.98 Å². The summed E-state index contributed by atoms with van der Waals surface area (Å²) in [6.45, 7) is 2.64. The maximum absolute atomic E-state index is 11.4. The molecule has 7 nitrogen and oxygen atoms in total. The summed E-state index contributed by atoms with van der Waals surface area (Å²) in [5, 5.41) is 13.7. The minimum absolute atomic E-state index is 0.0144. The van der Waals surface area contributed by atoms with Crippen LogP contribution in [0, 0.1) is 10.1 Å². The van der Waals surface area contributed by atoms with Crippen molar-refractivity contribution in [1.82, 2.24) is 4.98 Å². The van der Waals surface area contributed by atoms with E-state index in [-0.39, 0.29) is 17.1 Å². The third-order valence-electron chi connectivity index (χ3n) is 3.49. The number of benzene rings is 1. The van der Waals surface area contributed by atoms with Crippen LogP contribution in [0.5, 0.6) is 0 Å². The van der Waals surface area contributed by atoms with Crippen molar-refractivity contribution in [3.63, 3.8) is 0 Å². The van der Waals surface area contributed by atoms with Crippen molar-refractivity contribution in [2.75, 3.05) is 11.9 Å². The van der Waals surface area contributed by atoms with E-state index < -0.39 is 10.8 Å². The molecule has 0 atom stereocenters. The fourth-order valence-electron chi connectivity index (χ4n) is 2.15. The van der Waals surface area contributed by atoms with Gasteiger partial charge in [0.25, 0.3) is 11.6 Å². The Bertz CT molecular complexity index is 714. The molecule has 1 aromatic heterocycles. The third kappa shape index (κ3) is 4.26. The van der Waals surface area contributed by atoms with Gasteiger partial charge in [0.1, 0.15) is 12.0 Å². The first-order valence-electron chi connectivity index (χ1n) is 7.27. The summed E-state index contributed by atoms with van der Waals surface area (Å²) in [6, 6.07) is 9.40. The van der Waals surface area contributed by atoms with Gasteiger partial charge >= 0.3 is 0 Å². The highest BCUT2D eigenvalue weighted by atomic mass is 16.6. The van der Waals surface area contributed by atoms with Crippen molar-refractivity contribution in [2.45, 2.75) is 19.8 Å². The topological polar surface area (TPSA) is 111 Å². The van der Waals surface area contributed by atoms with Gasteiger partial charge in [-0.3, -0.25) is 14.9 Å². The first kappa shape index (κ1) is 16.4. The lowest BCUT2D eigenvalue weighted by atomic mass is 10.1. The molecule has 3 N–H and O–H groups in total. The summed E-state index contributed by atoms with van der Waals surface area (Å²) >= 11 is 0. The van der Waals surface area contributed by atoms with Gasteiger partial charge in [0.05, 0.1) is 10.5 Å². The van der Waals surface area contributed by atoms with Gasteiger partial charge in [-0.05, 0) is 24.0 Å². The van der Waals surface area contributed by atoms with Crippen LogP contribution in [0.15, 0.2) is 36.5 Å². The number of nitrogens with two attached hydrogens (primary N) is 1. The lowest BCUT2D eigenvalue weighted by molar-refractivity contribution is -0.385. The lowest BCUT2D eigenvalue weighted by Gasteiger charge is -2.09. The number of pyridine rings is 1. The number of aromatic nitrogens is 1. The van der Waals surface area contributed by atoms with Crippen LogP contribution in [-0.4, -0.2) is 22.4 Å². The zero-order chi connectivity index (χ0) is 16.8. The molecule has 2 aromatic rings. The fraction of sp³-hybridized carbons (Fsp3) is 0.250. The highest BCUT2D eigenvalue weighted by molar-refractivity contribution is 5.98. The molecule has 0 aliphatic carbocycles. The Labute approximate surface area is 133 Å². The molecule has 0 bridgehead atoms. The van der Waals surface area contributed by atoms with Gasteiger partial charge in [0, 0.05) is 12.6 Å². The van der Waals surface area contributed by atoms with Crippen LogP contribution in [0.1, 0.15) is 28.4 Å². The molecule has 0 saturated heterocycles. The van der Waals surface area contributed by atoms with E-state index in [9.17, 15) is 14.9 Å². The number of hydrogen-bond acceptors (Lipinski definition) is 5. The second-order valence-electron chi connectivity index (χ2n) is 5.06. The average Bonchev–Trinajstić information content (AvgIpc) is 2.55. The highest BCUT2D eigenvalue weighted by Crippen LogP contribution is 2.18. The average molecular weight is 314 g/mol. The molecule has 0 aliphatic rings. The van der Waals surface area contributed by atoms with E-state index in [1.807, 2.05) is 0 Å². The molecule has 1 heterocycles. The zero-order valence-corrected chi connectivity index (χ0v) is 12.8. The van der Waals surface area contributed by atoms with Crippen LogP contribution in [0.25, 0.3) is 0 Å². The Morgan fingerprint density at radius 2 is 1.96 bits per heavy atom. The predicted molar refractivity (Wildman–Crippen MR) is 87.4 cm³/mol. The van der Waals surface area contributed by atoms with Crippen molar-refractivity contribution < 1.29 is 9.72 Å². The molecule has 1 amide bonds. The minimum atomic E-state index is -0.754. The van der Waals surface area contributed by atoms with Crippen molar-refractivity contribution >= 4 is 17.4 Å². The third-order valence-corrected chi connectivity index (χ3v) is 3.49. The predicted octanol–water partition coefficient (Wildman–Crippen LogP) is 2.31. The fourth-order valence-corrected chi connectivity index (χ4v) is 2.15. The molecule has 0 unspecified atom stereocenters. The molecule has 1 aromatic carbocycles. The first-order valence-corrected chi connectivity index (χ1v) is 7.27. The number of rotatable bonds is 7. The second-order valence-corrected chi connectivity index (χ2v) is 5.06. The number of nitrogens with one attached hydrogen (secondary N) is 1. The number of carbonyl (C=O) groups is 1. The Kier molecular flexibility index (Phi) is 5.24. The Morgan fingerprint density at radius 3 is 2.52 bits per heavy atom. The maximum Gasteiger partial charge on any atom is 0.288 e. The number of carbonyl (C=O) groups excluding carboxylic acids is 1. The first-order chi connectivity index (χ1) is 11.0. The number of hydrogen-bond donors (Lipinski definition) is 2. The monoisotopic (exact) mass is 314 g/mol. The molecule has 0 spiro atoms. The van der Waals surface area contributed by atoms with Gasteiger partial charge in [-0.15, -0.1) is 0 Å². The smallest absolute Gasteiger partial charge is 0.288 e. The van der Waals surface area contributed by atoms with E-state index in [1.165, 1.54) is 5.56 Å². The van der Waals surface area contributed by atoms with Gasteiger partial charge < -0.3 is 11.1 Å². The molecule has 0 saturated carbocycles. The summed E-state index contributed by atoms with van der Waals surface area (Å²) < 4.78 is 0. The van der Waals surface area contributed by atoms with Crippen LogP contribution in [0.2, 0.25) is 0 Å². The molecule has 2 rings (SSSR count). The van der Waals surface area contributed by atoms with Crippen molar-refractivity contribution in [3.05, 3.63) is 63.3 Å². The van der Waals surface area contributed by atoms with Gasteiger partial charge in [-0.1, -0.05) is 31.2 Å². The highest BCUT2D eigenvalue weighted by Gasteiger charge is 2.15. The Hall–Kier alpha value is -2.96. The number of aryl methyl sites for hydroxylation is 1. The van der Waals surface area contributed by atoms with E-state index in [1.54, 1.807) is 0 Å². The number of nitro groups is 1. The van der Waals surface area contributed by atoms with E-state index in [4.69, 9.17) is 5.73 Å². The molecule has 0 radical (unpaired) electrons. The molecule has 7 heteroatoms. The SMILES string of the molecule is CCc1ccc(CCNc2ncc([N+](=O)[O-])cc2C(N)=O)cc1. The summed E-state index contributed by atoms with van der Waals surface area (Å²) in [5.41, 5.74) is 7.43. The van der Waals surface area contributed by atoms with E-state index in [2.05, 4.69) is 41.5 Å². The van der Waals surface area contributed by atoms with Crippen molar-refractivity contribution in [1.29, 1.82) is 0 Å². The normalized spacial score (nSPS) is 10.3. The van der Waals surface area contributed by atoms with Crippen molar-refractivity contribution in [3.8, 4) is 0 Å². The molecule has 0 fully saturated rings. The van der Waals surface area contributed by atoms with Crippen LogP contribution in [0.3, 0.4) is 0 Å². The van der Waals surface area contributed by atoms with Gasteiger partial charge in [0.2, 0.25) is 0 Å². The standard InChI is InChI=1S/C16H18N4O3/c1-2-11-3-5-12(6-4-11)7-8-18-16-14(15(17)21)9-13(10-19-16)20(22)23/h3-6,9-10H,2,7-8H2,1H3,(H2,17,21)(H,18,19). The van der Waals surface area contributed by atoms with E-state index >= 15 is 0 Å². The quantitative estimate of drug-likeness (QED) is 0.601. The maximum atomic E-state index is 11.4. The molecule has 120 valence electrons. The number of amides is 1. The molecule has 23 heavy (non-hydrogen) atoms. The molecular formula is C16H18N4O3. The Balaban J connectivity index is 2.04. The summed E-state index contributed by atoms with van der Waals surface area (Å²) in [6.07, 6.45) is 2.83. The second kappa shape index (κ2) is 7.35. The van der Waals surface area contributed by atoms with Crippen LogP contribution < -0.4 is 11.1 Å². The summed E-state index contributed by atoms with van der Waals surface area (Å²) in [4.78, 5) is 25.5. The van der Waals surface area contributed by atoms with Crippen LogP contribution in [0.4, 0.5) is 11.5 Å². The van der Waals surface area contributed by atoms with Gasteiger partial charge in [0.15, 0.2) is 0 Å².